The predicted octanol–water partition coefficient (Wildman–Crippen LogP) is 2.81. The summed E-state index contributed by atoms with van der Waals surface area (Å²) in [5.74, 6) is 1.43. The first-order valence-electron chi connectivity index (χ1n) is 7.57. The Morgan fingerprint density at radius 1 is 1.45 bits per heavy atom. The molecule has 0 radical (unpaired) electrons. The van der Waals surface area contributed by atoms with Crippen LogP contribution in [0.15, 0.2) is 18.2 Å². The van der Waals surface area contributed by atoms with Crippen LogP contribution in [0.5, 0.6) is 5.75 Å². The maximum Gasteiger partial charge on any atom is 0.144 e. The van der Waals surface area contributed by atoms with Gasteiger partial charge in [0.2, 0.25) is 0 Å². The van der Waals surface area contributed by atoms with Gasteiger partial charge in [-0.15, -0.1) is 0 Å². The van der Waals surface area contributed by atoms with Gasteiger partial charge in [-0.1, -0.05) is 13.8 Å². The summed E-state index contributed by atoms with van der Waals surface area (Å²) in [4.78, 5) is 2.39. The number of anilines is 2. The summed E-state index contributed by atoms with van der Waals surface area (Å²) in [6, 6.07) is 6.51. The molecule has 0 amide bonds. The molecule has 0 aliphatic carbocycles. The number of ether oxygens (including phenoxy) is 1. The zero-order valence-electron chi connectivity index (χ0n) is 12.9. The van der Waals surface area contributed by atoms with Crippen molar-refractivity contribution in [3.05, 3.63) is 18.2 Å². The number of hydrogen-bond acceptors (Lipinski definition) is 4. The second-order valence-electron chi connectivity index (χ2n) is 5.88. The van der Waals surface area contributed by atoms with Crippen molar-refractivity contribution in [2.45, 2.75) is 32.7 Å². The molecule has 2 rings (SSSR count). The summed E-state index contributed by atoms with van der Waals surface area (Å²) in [7, 11) is 2.19. The average molecular weight is 277 g/mol. The van der Waals surface area contributed by atoms with E-state index in [4.69, 9.17) is 10.5 Å². The molecular weight excluding hydrogens is 250 g/mol. The van der Waals surface area contributed by atoms with E-state index in [-0.39, 0.29) is 0 Å². The number of nitrogens with zero attached hydrogens (tertiary/aromatic N) is 1. The minimum Gasteiger partial charge on any atom is -0.491 e. The van der Waals surface area contributed by atoms with Gasteiger partial charge in [-0.3, -0.25) is 0 Å². The van der Waals surface area contributed by atoms with Crippen LogP contribution < -0.4 is 15.8 Å². The van der Waals surface area contributed by atoms with Crippen molar-refractivity contribution in [1.29, 1.82) is 0 Å². The molecule has 1 aromatic carbocycles. The van der Waals surface area contributed by atoms with Crippen molar-refractivity contribution in [2.24, 2.45) is 5.92 Å². The quantitative estimate of drug-likeness (QED) is 0.813. The van der Waals surface area contributed by atoms with Crippen molar-refractivity contribution in [1.82, 2.24) is 4.90 Å². The molecule has 0 aromatic heterocycles. The van der Waals surface area contributed by atoms with Gasteiger partial charge in [0.05, 0.1) is 12.3 Å². The van der Waals surface area contributed by atoms with Crippen LogP contribution in [0.2, 0.25) is 0 Å². The van der Waals surface area contributed by atoms with E-state index in [1.54, 1.807) is 0 Å². The van der Waals surface area contributed by atoms with Gasteiger partial charge in [-0.2, -0.15) is 0 Å². The Hall–Kier alpha value is -1.42. The molecule has 4 heteroatoms. The SMILES string of the molecule is CCCOc1cc(NC2CCN(C)CC2C)ccc1N. The topological polar surface area (TPSA) is 50.5 Å². The molecule has 0 bridgehead atoms. The first-order valence-corrected chi connectivity index (χ1v) is 7.57. The third kappa shape index (κ3) is 3.79. The highest BCUT2D eigenvalue weighted by atomic mass is 16.5. The van der Waals surface area contributed by atoms with Crippen LogP contribution in [0.1, 0.15) is 26.7 Å². The first kappa shape index (κ1) is 15.0. The Morgan fingerprint density at radius 3 is 2.95 bits per heavy atom. The van der Waals surface area contributed by atoms with Crippen LogP contribution in [0, 0.1) is 5.92 Å². The van der Waals surface area contributed by atoms with Gasteiger partial charge < -0.3 is 20.7 Å². The van der Waals surface area contributed by atoms with Crippen molar-refractivity contribution in [3.63, 3.8) is 0 Å². The molecule has 1 heterocycles. The Labute approximate surface area is 122 Å². The minimum atomic E-state index is 0.522. The van der Waals surface area contributed by atoms with Crippen LogP contribution in [-0.4, -0.2) is 37.7 Å². The molecule has 20 heavy (non-hydrogen) atoms. The molecule has 2 unspecified atom stereocenters. The largest absolute Gasteiger partial charge is 0.491 e. The minimum absolute atomic E-state index is 0.522. The van der Waals surface area contributed by atoms with Gasteiger partial charge in [0.1, 0.15) is 5.75 Å². The van der Waals surface area contributed by atoms with Crippen LogP contribution in [0.25, 0.3) is 0 Å². The summed E-state index contributed by atoms with van der Waals surface area (Å²) < 4.78 is 5.69. The highest BCUT2D eigenvalue weighted by molar-refractivity contribution is 5.61. The van der Waals surface area contributed by atoms with E-state index < -0.39 is 0 Å². The molecule has 0 saturated carbocycles. The summed E-state index contributed by atoms with van der Waals surface area (Å²) in [5, 5.41) is 3.63. The van der Waals surface area contributed by atoms with E-state index in [2.05, 4.69) is 31.1 Å². The number of piperidine rings is 1. The first-order chi connectivity index (χ1) is 9.60. The number of likely N-dealkylation sites (tertiary alicyclic amines) is 1. The Bertz CT molecular complexity index is 436. The van der Waals surface area contributed by atoms with Crippen LogP contribution in [0.3, 0.4) is 0 Å². The van der Waals surface area contributed by atoms with Crippen molar-refractivity contribution in [3.8, 4) is 5.75 Å². The lowest BCUT2D eigenvalue weighted by Crippen LogP contribution is -2.43. The van der Waals surface area contributed by atoms with E-state index in [0.717, 1.165) is 30.9 Å². The Morgan fingerprint density at radius 2 is 2.25 bits per heavy atom. The predicted molar refractivity (Wildman–Crippen MR) is 85.3 cm³/mol. The summed E-state index contributed by atoms with van der Waals surface area (Å²) >= 11 is 0. The monoisotopic (exact) mass is 277 g/mol. The van der Waals surface area contributed by atoms with Gasteiger partial charge in [-0.25, -0.2) is 0 Å². The smallest absolute Gasteiger partial charge is 0.144 e. The number of benzene rings is 1. The molecule has 1 aliphatic heterocycles. The Balaban J connectivity index is 2.02. The van der Waals surface area contributed by atoms with Crippen LogP contribution in [-0.2, 0) is 0 Å². The summed E-state index contributed by atoms with van der Waals surface area (Å²) in [6.45, 7) is 7.40. The van der Waals surface area contributed by atoms with Crippen LogP contribution >= 0.6 is 0 Å². The van der Waals surface area contributed by atoms with Crippen molar-refractivity contribution < 1.29 is 4.74 Å². The van der Waals surface area contributed by atoms with Gasteiger partial charge >= 0.3 is 0 Å². The van der Waals surface area contributed by atoms with E-state index in [1.165, 1.54) is 6.42 Å². The maximum atomic E-state index is 5.95. The molecule has 2 atom stereocenters. The number of nitrogens with one attached hydrogen (secondary N) is 1. The molecule has 0 spiro atoms. The standard InChI is InChI=1S/C16H27N3O/c1-4-9-20-16-10-13(5-6-14(16)17)18-15-7-8-19(3)11-12(15)2/h5-6,10,12,15,18H,4,7-9,11,17H2,1-3H3. The molecule has 4 nitrogen and oxygen atoms in total. The molecule has 1 aliphatic rings. The summed E-state index contributed by atoms with van der Waals surface area (Å²) in [6.07, 6.45) is 2.16. The Kier molecular flexibility index (Phi) is 5.12. The normalized spacial score (nSPS) is 23.6. The van der Waals surface area contributed by atoms with Gasteiger partial charge in [0.15, 0.2) is 0 Å². The highest BCUT2D eigenvalue weighted by Gasteiger charge is 2.24. The number of rotatable bonds is 5. The number of hydrogen-bond donors (Lipinski definition) is 2. The third-order valence-corrected chi connectivity index (χ3v) is 3.94. The van der Waals surface area contributed by atoms with Crippen molar-refractivity contribution >= 4 is 11.4 Å². The maximum absolute atomic E-state index is 5.95. The molecule has 1 fully saturated rings. The van der Waals surface area contributed by atoms with Gasteiger partial charge in [-0.05, 0) is 44.5 Å². The van der Waals surface area contributed by atoms with Gasteiger partial charge in [0.25, 0.3) is 0 Å². The second kappa shape index (κ2) is 6.84. The van der Waals surface area contributed by atoms with E-state index in [9.17, 15) is 0 Å². The van der Waals surface area contributed by atoms with E-state index >= 15 is 0 Å². The number of nitrogens with two attached hydrogens (primary N) is 1. The van der Waals surface area contributed by atoms with E-state index in [0.29, 0.717) is 24.3 Å². The third-order valence-electron chi connectivity index (χ3n) is 3.94. The zero-order chi connectivity index (χ0) is 14.5. The molecule has 1 aromatic rings. The average Bonchev–Trinajstić information content (AvgIpc) is 2.42. The fraction of sp³-hybridized carbons (Fsp3) is 0.625. The lowest BCUT2D eigenvalue weighted by Gasteiger charge is -2.35. The highest BCUT2D eigenvalue weighted by Crippen LogP contribution is 2.28. The van der Waals surface area contributed by atoms with Crippen LogP contribution in [0.4, 0.5) is 11.4 Å². The van der Waals surface area contributed by atoms with Gasteiger partial charge in [0, 0.05) is 24.3 Å². The zero-order valence-corrected chi connectivity index (χ0v) is 12.9. The lowest BCUT2D eigenvalue weighted by atomic mass is 9.94. The molecule has 112 valence electrons. The summed E-state index contributed by atoms with van der Waals surface area (Å²) in [5.41, 5.74) is 7.76. The van der Waals surface area contributed by atoms with Crippen molar-refractivity contribution in [2.75, 3.05) is 37.8 Å². The fourth-order valence-electron chi connectivity index (χ4n) is 2.74. The molecule has 1 saturated heterocycles. The fourth-order valence-corrected chi connectivity index (χ4v) is 2.74. The second-order valence-corrected chi connectivity index (χ2v) is 5.88. The molecular formula is C16H27N3O. The lowest BCUT2D eigenvalue weighted by molar-refractivity contribution is 0.206. The van der Waals surface area contributed by atoms with E-state index in [1.807, 2.05) is 18.2 Å². The molecule has 3 N–H and O–H groups in total. The number of nitrogen functional groups attached to an aromatic ring is 1.